The van der Waals surface area contributed by atoms with Crippen LogP contribution in [-0.2, 0) is 17.8 Å². The molecule has 5 heteroatoms. The molecule has 0 saturated heterocycles. The van der Waals surface area contributed by atoms with Crippen LogP contribution in [0.1, 0.15) is 30.7 Å². The van der Waals surface area contributed by atoms with Crippen LogP contribution in [0.2, 0.25) is 0 Å². The minimum atomic E-state index is 0.00276. The van der Waals surface area contributed by atoms with Gasteiger partial charge in [0, 0.05) is 17.2 Å². The predicted molar refractivity (Wildman–Crippen MR) is 78.9 cm³/mol. The number of thioether (sulfide) groups is 1. The number of hydrogen-bond acceptors (Lipinski definition) is 4. The zero-order valence-electron chi connectivity index (χ0n) is 11.5. The van der Waals surface area contributed by atoms with Crippen molar-refractivity contribution in [3.05, 3.63) is 42.0 Å². The number of Topliss-reactive ketones (excluding diaryl/α,β-unsaturated/α-hetero) is 1. The van der Waals surface area contributed by atoms with Gasteiger partial charge in [0.25, 0.3) is 0 Å². The van der Waals surface area contributed by atoms with Crippen molar-refractivity contribution in [1.82, 2.24) is 14.8 Å². The van der Waals surface area contributed by atoms with Crippen LogP contribution in [0.4, 0.5) is 0 Å². The van der Waals surface area contributed by atoms with Crippen molar-refractivity contribution in [2.75, 3.05) is 5.75 Å². The van der Waals surface area contributed by atoms with Gasteiger partial charge in [-0.15, -0.1) is 11.8 Å². The minimum Gasteiger partial charge on any atom is -0.298 e. The molecule has 2 heterocycles. The normalized spacial score (nSPS) is 17.1. The smallest absolute Gasteiger partial charge is 0.148 e. The summed E-state index contributed by atoms with van der Waals surface area (Å²) in [6, 6.07) is 8.18. The van der Waals surface area contributed by atoms with Crippen LogP contribution in [0.25, 0.3) is 0 Å². The summed E-state index contributed by atoms with van der Waals surface area (Å²) in [5.41, 5.74) is 1.17. The molecule has 0 aliphatic carbocycles. The fourth-order valence-corrected chi connectivity index (χ4v) is 3.80. The first-order valence-electron chi connectivity index (χ1n) is 6.90. The first kappa shape index (κ1) is 13.4. The Labute approximate surface area is 122 Å². The van der Waals surface area contributed by atoms with Crippen LogP contribution in [-0.4, -0.2) is 26.3 Å². The van der Waals surface area contributed by atoms with Gasteiger partial charge >= 0.3 is 0 Å². The van der Waals surface area contributed by atoms with Gasteiger partial charge in [0.2, 0.25) is 0 Å². The van der Waals surface area contributed by atoms with Crippen molar-refractivity contribution in [3.63, 3.8) is 0 Å². The number of benzene rings is 1. The van der Waals surface area contributed by atoms with Crippen LogP contribution in [0.5, 0.6) is 0 Å². The van der Waals surface area contributed by atoms with E-state index in [1.807, 2.05) is 16.8 Å². The molecule has 1 aliphatic rings. The first-order chi connectivity index (χ1) is 9.79. The van der Waals surface area contributed by atoms with Crippen LogP contribution in [0, 0.1) is 0 Å². The molecule has 1 aliphatic heterocycles. The lowest BCUT2D eigenvalue weighted by atomic mass is 9.95. The third kappa shape index (κ3) is 2.50. The van der Waals surface area contributed by atoms with E-state index in [0.29, 0.717) is 6.42 Å². The van der Waals surface area contributed by atoms with Crippen LogP contribution in [0.15, 0.2) is 35.5 Å². The molecule has 0 radical (unpaired) electrons. The van der Waals surface area contributed by atoms with Crippen molar-refractivity contribution >= 4 is 17.5 Å². The topological polar surface area (TPSA) is 47.8 Å². The Morgan fingerprint density at radius 2 is 2.30 bits per heavy atom. The highest BCUT2D eigenvalue weighted by Crippen LogP contribution is 2.40. The standard InChI is InChI=1S/C15H17N3OS/c1-2-7-18-15(16-10-17-18)8-13(19)12-9-20-14-6-4-3-5-11(12)14/h3-6,10,12H,2,7-9H2,1H3. The van der Waals surface area contributed by atoms with Gasteiger partial charge in [0.1, 0.15) is 17.9 Å². The van der Waals surface area contributed by atoms with E-state index in [4.69, 9.17) is 0 Å². The van der Waals surface area contributed by atoms with Crippen LogP contribution < -0.4 is 0 Å². The number of aromatic nitrogens is 3. The molecule has 1 aromatic heterocycles. The lowest BCUT2D eigenvalue weighted by molar-refractivity contribution is -0.119. The number of carbonyl (C=O) groups excluding carboxylic acids is 1. The lowest BCUT2D eigenvalue weighted by Gasteiger charge is -2.10. The number of carbonyl (C=O) groups is 1. The summed E-state index contributed by atoms with van der Waals surface area (Å²) in [5, 5.41) is 4.18. The fourth-order valence-electron chi connectivity index (χ4n) is 2.53. The Morgan fingerprint density at radius 3 is 3.15 bits per heavy atom. The summed E-state index contributed by atoms with van der Waals surface area (Å²) < 4.78 is 1.84. The molecule has 0 saturated carbocycles. The van der Waals surface area contributed by atoms with Crippen molar-refractivity contribution in [2.24, 2.45) is 0 Å². The van der Waals surface area contributed by atoms with Crippen LogP contribution >= 0.6 is 11.8 Å². The molecule has 0 spiro atoms. The summed E-state index contributed by atoms with van der Waals surface area (Å²) in [7, 11) is 0. The van der Waals surface area contributed by atoms with Crippen molar-refractivity contribution in [3.8, 4) is 0 Å². The highest BCUT2D eigenvalue weighted by atomic mass is 32.2. The molecule has 0 amide bonds. The molecule has 3 rings (SSSR count). The predicted octanol–water partition coefficient (Wildman–Crippen LogP) is 2.69. The van der Waals surface area contributed by atoms with Gasteiger partial charge in [-0.1, -0.05) is 25.1 Å². The summed E-state index contributed by atoms with van der Waals surface area (Å²) in [4.78, 5) is 18.0. The number of ketones is 1. The monoisotopic (exact) mass is 287 g/mol. The van der Waals surface area contributed by atoms with E-state index >= 15 is 0 Å². The average Bonchev–Trinajstić information content (AvgIpc) is 3.06. The number of nitrogens with zero attached hydrogens (tertiary/aromatic N) is 3. The number of fused-ring (bicyclic) bond motifs is 1. The molecule has 0 bridgehead atoms. The van der Waals surface area contributed by atoms with Gasteiger partial charge in [-0.25, -0.2) is 9.67 Å². The summed E-state index contributed by atoms with van der Waals surface area (Å²) in [6.45, 7) is 2.91. The maximum atomic E-state index is 12.5. The molecule has 1 aromatic carbocycles. The lowest BCUT2D eigenvalue weighted by Crippen LogP contribution is -2.18. The maximum Gasteiger partial charge on any atom is 0.148 e. The van der Waals surface area contributed by atoms with Gasteiger partial charge in [0.05, 0.1) is 12.3 Å². The van der Waals surface area contributed by atoms with Gasteiger partial charge in [0.15, 0.2) is 0 Å². The van der Waals surface area contributed by atoms with E-state index in [1.165, 1.54) is 16.8 Å². The molecule has 104 valence electrons. The highest BCUT2D eigenvalue weighted by molar-refractivity contribution is 7.99. The minimum absolute atomic E-state index is 0.00276. The second-order valence-electron chi connectivity index (χ2n) is 4.94. The van der Waals surface area contributed by atoms with E-state index in [1.54, 1.807) is 11.8 Å². The fraction of sp³-hybridized carbons (Fsp3) is 0.400. The van der Waals surface area contributed by atoms with E-state index < -0.39 is 0 Å². The summed E-state index contributed by atoms with van der Waals surface area (Å²) in [5.74, 6) is 1.88. The first-order valence-corrected chi connectivity index (χ1v) is 7.89. The zero-order chi connectivity index (χ0) is 13.9. The van der Waals surface area contributed by atoms with Gasteiger partial charge in [-0.2, -0.15) is 5.10 Å². The SMILES string of the molecule is CCCn1ncnc1CC(=O)C1CSc2ccccc21. The Morgan fingerprint density at radius 1 is 1.45 bits per heavy atom. The second-order valence-corrected chi connectivity index (χ2v) is 6.01. The van der Waals surface area contributed by atoms with Crippen LogP contribution in [0.3, 0.4) is 0 Å². The molecule has 0 N–H and O–H groups in total. The van der Waals surface area contributed by atoms with E-state index in [9.17, 15) is 4.79 Å². The largest absolute Gasteiger partial charge is 0.298 e. The molecule has 1 unspecified atom stereocenters. The molecular formula is C15H17N3OS. The van der Waals surface area contributed by atoms with Crippen molar-refractivity contribution in [1.29, 1.82) is 0 Å². The average molecular weight is 287 g/mol. The molecule has 1 atom stereocenters. The molecule has 4 nitrogen and oxygen atoms in total. The Kier molecular flexibility index (Phi) is 3.87. The summed E-state index contributed by atoms with van der Waals surface area (Å²) >= 11 is 1.77. The zero-order valence-corrected chi connectivity index (χ0v) is 12.3. The van der Waals surface area contributed by atoms with E-state index in [0.717, 1.165) is 24.5 Å². The second kappa shape index (κ2) is 5.79. The summed E-state index contributed by atoms with van der Waals surface area (Å²) in [6.07, 6.45) is 2.90. The van der Waals surface area contributed by atoms with Crippen molar-refractivity contribution in [2.45, 2.75) is 37.1 Å². The Hall–Kier alpha value is -1.62. The van der Waals surface area contributed by atoms with E-state index in [2.05, 4.69) is 29.1 Å². The third-order valence-electron chi connectivity index (χ3n) is 3.55. The Bertz CT molecular complexity index is 623. The molecule has 20 heavy (non-hydrogen) atoms. The van der Waals surface area contributed by atoms with Gasteiger partial charge < -0.3 is 0 Å². The number of rotatable bonds is 5. The Balaban J connectivity index is 1.76. The molecule has 2 aromatic rings. The quantitative estimate of drug-likeness (QED) is 0.848. The number of hydrogen-bond donors (Lipinski definition) is 0. The third-order valence-corrected chi connectivity index (χ3v) is 4.73. The highest BCUT2D eigenvalue weighted by Gasteiger charge is 2.29. The van der Waals surface area contributed by atoms with E-state index in [-0.39, 0.29) is 11.7 Å². The molecule has 0 fully saturated rings. The van der Waals surface area contributed by atoms with Gasteiger partial charge in [-0.05, 0) is 18.1 Å². The number of aryl methyl sites for hydroxylation is 1. The molecular weight excluding hydrogens is 270 g/mol. The van der Waals surface area contributed by atoms with Gasteiger partial charge in [-0.3, -0.25) is 4.79 Å². The maximum absolute atomic E-state index is 12.5. The van der Waals surface area contributed by atoms with Crippen molar-refractivity contribution < 1.29 is 4.79 Å².